The van der Waals surface area contributed by atoms with Crippen LogP contribution in [0.1, 0.15) is 22.3 Å². The Morgan fingerprint density at radius 1 is 1.28 bits per heavy atom. The number of aromatic nitrogens is 1. The highest BCUT2D eigenvalue weighted by molar-refractivity contribution is 5.52. The molecule has 0 fully saturated rings. The summed E-state index contributed by atoms with van der Waals surface area (Å²) in [6, 6.07) is 8.38. The summed E-state index contributed by atoms with van der Waals surface area (Å²) in [5.41, 5.74) is 12.1. The molecule has 3 nitrogen and oxygen atoms in total. The van der Waals surface area contributed by atoms with E-state index in [-0.39, 0.29) is 0 Å². The van der Waals surface area contributed by atoms with Crippen molar-refractivity contribution >= 4 is 5.69 Å². The maximum absolute atomic E-state index is 6.01. The van der Waals surface area contributed by atoms with E-state index in [9.17, 15) is 0 Å². The predicted molar refractivity (Wildman–Crippen MR) is 72.8 cm³/mol. The molecular weight excluding hydrogens is 222 g/mol. The van der Waals surface area contributed by atoms with E-state index in [1.54, 1.807) is 0 Å². The van der Waals surface area contributed by atoms with Crippen molar-refractivity contribution in [1.29, 1.82) is 0 Å². The third kappa shape index (κ3) is 2.09. The number of nitrogens with zero attached hydrogens (tertiary/aromatic N) is 2. The first-order valence-corrected chi connectivity index (χ1v) is 6.21. The number of nitrogen functional groups attached to an aromatic ring is 1. The van der Waals surface area contributed by atoms with E-state index < -0.39 is 0 Å². The van der Waals surface area contributed by atoms with Crippen molar-refractivity contribution < 1.29 is 0 Å². The predicted octanol–water partition coefficient (Wildman–Crippen LogP) is 2.49. The van der Waals surface area contributed by atoms with Crippen LogP contribution in [0.2, 0.25) is 0 Å². The van der Waals surface area contributed by atoms with Crippen molar-refractivity contribution in [3.63, 3.8) is 0 Å². The molecule has 0 radical (unpaired) electrons. The highest BCUT2D eigenvalue weighted by atomic mass is 15.1. The lowest BCUT2D eigenvalue weighted by Crippen LogP contribution is -2.16. The molecule has 1 aromatic heterocycles. The molecule has 1 aromatic carbocycles. The van der Waals surface area contributed by atoms with Crippen LogP contribution in [0.15, 0.2) is 36.7 Å². The molecular formula is C15H17N3. The number of pyridine rings is 1. The van der Waals surface area contributed by atoms with E-state index in [1.807, 2.05) is 24.5 Å². The molecule has 0 unspecified atom stereocenters. The van der Waals surface area contributed by atoms with Gasteiger partial charge in [-0.3, -0.25) is 9.88 Å². The Bertz CT molecular complexity index is 578. The van der Waals surface area contributed by atoms with Gasteiger partial charge >= 0.3 is 0 Å². The zero-order valence-electron chi connectivity index (χ0n) is 10.6. The Morgan fingerprint density at radius 3 is 2.94 bits per heavy atom. The van der Waals surface area contributed by atoms with Crippen LogP contribution in [0.5, 0.6) is 0 Å². The number of benzene rings is 1. The largest absolute Gasteiger partial charge is 0.398 e. The first-order chi connectivity index (χ1) is 8.72. The van der Waals surface area contributed by atoms with Crippen LogP contribution in [0.4, 0.5) is 5.69 Å². The second-order valence-corrected chi connectivity index (χ2v) is 5.00. The van der Waals surface area contributed by atoms with Gasteiger partial charge in [-0.05, 0) is 35.2 Å². The third-order valence-electron chi connectivity index (χ3n) is 3.42. The molecule has 0 spiro atoms. The first kappa shape index (κ1) is 11.2. The highest BCUT2D eigenvalue weighted by Gasteiger charge is 2.20. The monoisotopic (exact) mass is 239 g/mol. The maximum atomic E-state index is 6.01. The zero-order valence-corrected chi connectivity index (χ0v) is 10.6. The van der Waals surface area contributed by atoms with Gasteiger partial charge in [-0.2, -0.15) is 0 Å². The molecule has 0 saturated heterocycles. The maximum Gasteiger partial charge on any atom is 0.0363 e. The number of rotatable bonds is 2. The van der Waals surface area contributed by atoms with Gasteiger partial charge in [-0.1, -0.05) is 18.2 Å². The summed E-state index contributed by atoms with van der Waals surface area (Å²) in [4.78, 5) is 6.64. The molecule has 18 heavy (non-hydrogen) atoms. The molecule has 0 aliphatic carbocycles. The van der Waals surface area contributed by atoms with E-state index in [4.69, 9.17) is 5.73 Å². The number of nitrogens with two attached hydrogens (primary N) is 1. The van der Waals surface area contributed by atoms with Crippen LogP contribution in [0, 0.1) is 6.92 Å². The van der Waals surface area contributed by atoms with Gasteiger partial charge in [0.15, 0.2) is 0 Å². The Kier molecular flexibility index (Phi) is 2.76. The summed E-state index contributed by atoms with van der Waals surface area (Å²) in [6.07, 6.45) is 3.83. The number of aryl methyl sites for hydroxylation is 1. The lowest BCUT2D eigenvalue weighted by molar-refractivity contribution is 0.275. The van der Waals surface area contributed by atoms with Crippen LogP contribution in [0.25, 0.3) is 0 Å². The molecule has 1 aliphatic rings. The van der Waals surface area contributed by atoms with Crippen molar-refractivity contribution in [2.24, 2.45) is 0 Å². The minimum absolute atomic E-state index is 0.914. The van der Waals surface area contributed by atoms with Crippen LogP contribution in [-0.4, -0.2) is 9.88 Å². The average Bonchev–Trinajstić information content (AvgIpc) is 2.73. The number of hydrogen-bond donors (Lipinski definition) is 1. The van der Waals surface area contributed by atoms with Gasteiger partial charge in [-0.25, -0.2) is 0 Å². The van der Waals surface area contributed by atoms with Crippen molar-refractivity contribution in [2.75, 3.05) is 5.73 Å². The first-order valence-electron chi connectivity index (χ1n) is 6.21. The fraction of sp³-hybridized carbons (Fsp3) is 0.267. The number of fused-ring (bicyclic) bond motifs is 1. The molecule has 0 amide bonds. The molecule has 1 aliphatic heterocycles. The third-order valence-corrected chi connectivity index (χ3v) is 3.42. The van der Waals surface area contributed by atoms with Crippen LogP contribution >= 0.6 is 0 Å². The average molecular weight is 239 g/mol. The highest BCUT2D eigenvalue weighted by Crippen LogP contribution is 2.28. The van der Waals surface area contributed by atoms with Gasteiger partial charge in [0.05, 0.1) is 0 Å². The fourth-order valence-corrected chi connectivity index (χ4v) is 2.59. The van der Waals surface area contributed by atoms with Gasteiger partial charge in [-0.15, -0.1) is 0 Å². The van der Waals surface area contributed by atoms with Gasteiger partial charge in [0.25, 0.3) is 0 Å². The molecule has 3 rings (SSSR count). The van der Waals surface area contributed by atoms with E-state index in [0.717, 1.165) is 25.3 Å². The Hall–Kier alpha value is -1.87. The molecule has 3 heteroatoms. The number of anilines is 1. The van der Waals surface area contributed by atoms with Crippen molar-refractivity contribution in [2.45, 2.75) is 26.6 Å². The van der Waals surface area contributed by atoms with Crippen molar-refractivity contribution in [3.05, 3.63) is 58.9 Å². The summed E-state index contributed by atoms with van der Waals surface area (Å²) in [6.45, 7) is 4.93. The topological polar surface area (TPSA) is 42.2 Å². The lowest BCUT2D eigenvalue weighted by Gasteiger charge is -2.14. The van der Waals surface area contributed by atoms with Gasteiger partial charge in [0, 0.05) is 37.7 Å². The van der Waals surface area contributed by atoms with Gasteiger partial charge < -0.3 is 5.73 Å². The molecule has 0 atom stereocenters. The molecule has 0 saturated carbocycles. The SMILES string of the molecule is Cc1cncc(CN2Cc3cccc(N)c3C2)c1. The lowest BCUT2D eigenvalue weighted by atomic mass is 10.1. The van der Waals surface area contributed by atoms with Crippen LogP contribution < -0.4 is 5.73 Å². The molecule has 92 valence electrons. The Morgan fingerprint density at radius 2 is 2.17 bits per heavy atom. The van der Waals surface area contributed by atoms with Gasteiger partial charge in [0.1, 0.15) is 0 Å². The quantitative estimate of drug-likeness (QED) is 0.819. The zero-order chi connectivity index (χ0) is 12.5. The summed E-state index contributed by atoms with van der Waals surface area (Å²) in [5, 5.41) is 0. The van der Waals surface area contributed by atoms with Crippen LogP contribution in [-0.2, 0) is 19.6 Å². The summed E-state index contributed by atoms with van der Waals surface area (Å²) in [7, 11) is 0. The minimum Gasteiger partial charge on any atom is -0.398 e. The number of hydrogen-bond acceptors (Lipinski definition) is 3. The Labute approximate surface area is 107 Å². The molecule has 2 N–H and O–H groups in total. The van der Waals surface area contributed by atoms with Crippen molar-refractivity contribution in [3.8, 4) is 0 Å². The minimum atomic E-state index is 0.914. The molecule has 2 aromatic rings. The van der Waals surface area contributed by atoms with Crippen LogP contribution in [0.3, 0.4) is 0 Å². The fourth-order valence-electron chi connectivity index (χ4n) is 2.59. The summed E-state index contributed by atoms with van der Waals surface area (Å²) >= 11 is 0. The van der Waals surface area contributed by atoms with E-state index in [1.165, 1.54) is 22.3 Å². The normalized spacial score (nSPS) is 14.7. The van der Waals surface area contributed by atoms with Gasteiger partial charge in [0.2, 0.25) is 0 Å². The Balaban J connectivity index is 1.77. The smallest absolute Gasteiger partial charge is 0.0363 e. The van der Waals surface area contributed by atoms with E-state index >= 15 is 0 Å². The second-order valence-electron chi connectivity index (χ2n) is 5.00. The van der Waals surface area contributed by atoms with E-state index in [2.05, 4.69) is 28.9 Å². The van der Waals surface area contributed by atoms with E-state index in [0.29, 0.717) is 0 Å². The summed E-state index contributed by atoms with van der Waals surface area (Å²) in [5.74, 6) is 0. The molecule has 2 heterocycles. The van der Waals surface area contributed by atoms with Crippen molar-refractivity contribution in [1.82, 2.24) is 9.88 Å². The standard InChI is InChI=1S/C15H17N3/c1-11-5-12(7-17-6-11)8-18-9-13-3-2-4-15(16)14(13)10-18/h2-7H,8-10,16H2,1H3. The molecule has 0 bridgehead atoms. The summed E-state index contributed by atoms with van der Waals surface area (Å²) < 4.78 is 0. The second kappa shape index (κ2) is 4.42.